The van der Waals surface area contributed by atoms with Crippen molar-refractivity contribution in [3.05, 3.63) is 52.8 Å². The molecule has 1 aliphatic heterocycles. The van der Waals surface area contributed by atoms with Crippen LogP contribution in [0.2, 0.25) is 5.15 Å². The minimum Gasteiger partial charge on any atom is -0.508 e. The number of amides is 1. The lowest BCUT2D eigenvalue weighted by Crippen LogP contribution is -2.41. The maximum Gasteiger partial charge on any atom is 0.490 e. The predicted octanol–water partition coefficient (Wildman–Crippen LogP) is 2.65. The van der Waals surface area contributed by atoms with Gasteiger partial charge in [0.25, 0.3) is 10.0 Å². The van der Waals surface area contributed by atoms with Gasteiger partial charge in [0.15, 0.2) is 0 Å². The number of likely N-dealkylation sites (tertiary alicyclic amines) is 1. The highest BCUT2D eigenvalue weighted by Gasteiger charge is 2.38. The number of hydrogen-bond acceptors (Lipinski definition) is 8. The number of benzene rings is 1. The van der Waals surface area contributed by atoms with E-state index in [2.05, 4.69) is 9.71 Å². The molecule has 38 heavy (non-hydrogen) atoms. The maximum absolute atomic E-state index is 12.8. The van der Waals surface area contributed by atoms with E-state index in [1.54, 1.807) is 6.07 Å². The molecular formula is C21H19ClF3N5O6S2. The highest BCUT2D eigenvalue weighted by molar-refractivity contribution is 7.91. The molecule has 1 saturated heterocycles. The summed E-state index contributed by atoms with van der Waals surface area (Å²) in [5.41, 5.74) is 6.34. The molecule has 17 heteroatoms. The first-order chi connectivity index (χ1) is 17.6. The molecule has 6 N–H and O–H groups in total. The van der Waals surface area contributed by atoms with Crippen molar-refractivity contribution in [1.82, 2.24) is 14.6 Å². The van der Waals surface area contributed by atoms with Crippen LogP contribution in [0.3, 0.4) is 0 Å². The summed E-state index contributed by atoms with van der Waals surface area (Å²) in [5, 5.41) is 25.6. The summed E-state index contributed by atoms with van der Waals surface area (Å²) in [7, 11) is -3.94. The molecule has 1 atom stereocenters. The van der Waals surface area contributed by atoms with Gasteiger partial charge < -0.3 is 20.8 Å². The Balaban J connectivity index is 0.000000505. The van der Waals surface area contributed by atoms with Gasteiger partial charge in [0.1, 0.15) is 27.0 Å². The number of rotatable bonds is 6. The Kier molecular flexibility index (Phi) is 8.50. The zero-order valence-electron chi connectivity index (χ0n) is 19.0. The van der Waals surface area contributed by atoms with E-state index in [9.17, 15) is 31.5 Å². The first-order valence-electron chi connectivity index (χ1n) is 10.4. The molecule has 2 aromatic heterocycles. The van der Waals surface area contributed by atoms with Gasteiger partial charge in [0, 0.05) is 30.4 Å². The van der Waals surface area contributed by atoms with Crippen LogP contribution in [0.4, 0.5) is 13.2 Å². The second-order valence-corrected chi connectivity index (χ2v) is 11.2. The van der Waals surface area contributed by atoms with Crippen molar-refractivity contribution in [1.29, 1.82) is 5.41 Å². The van der Waals surface area contributed by atoms with Gasteiger partial charge in [-0.05, 0) is 42.1 Å². The molecule has 1 amide bonds. The molecule has 0 spiro atoms. The van der Waals surface area contributed by atoms with Gasteiger partial charge in [-0.15, -0.1) is 11.3 Å². The van der Waals surface area contributed by atoms with Crippen LogP contribution in [0, 0.1) is 5.41 Å². The third-order valence-electron chi connectivity index (χ3n) is 5.22. The molecule has 1 aliphatic rings. The molecule has 0 bridgehead atoms. The summed E-state index contributed by atoms with van der Waals surface area (Å²) in [4.78, 5) is 27.1. The zero-order valence-corrected chi connectivity index (χ0v) is 21.4. The van der Waals surface area contributed by atoms with Gasteiger partial charge >= 0.3 is 12.1 Å². The van der Waals surface area contributed by atoms with Crippen LogP contribution in [-0.2, 0) is 26.2 Å². The quantitative estimate of drug-likeness (QED) is 0.164. The third-order valence-corrected chi connectivity index (χ3v) is 8.72. The Labute approximate surface area is 222 Å². The molecule has 0 radical (unpaired) electrons. The number of nitrogens with one attached hydrogen (secondary N) is 2. The molecule has 0 unspecified atom stereocenters. The number of carbonyl (C=O) groups excluding carboxylic acids is 1. The van der Waals surface area contributed by atoms with E-state index in [1.807, 2.05) is 0 Å². The SMILES string of the molecule is N=C(N)c1ccc(O)c(CN2CC[C@H](NS(=O)(=O)c3cc4ccnc(Cl)c4s3)C2=O)c1.O=C(O)C(F)(F)F. The Morgan fingerprint density at radius 2 is 1.97 bits per heavy atom. The highest BCUT2D eigenvalue weighted by atomic mass is 35.5. The number of nitrogens with two attached hydrogens (primary N) is 1. The fraction of sp³-hybridized carbons (Fsp3) is 0.238. The van der Waals surface area contributed by atoms with Crippen LogP contribution in [0.25, 0.3) is 10.1 Å². The van der Waals surface area contributed by atoms with Crippen LogP contribution in [0.1, 0.15) is 17.5 Å². The average Bonchev–Trinajstić information content (AvgIpc) is 3.41. The largest absolute Gasteiger partial charge is 0.508 e. The Morgan fingerprint density at radius 3 is 2.55 bits per heavy atom. The van der Waals surface area contributed by atoms with E-state index < -0.39 is 34.1 Å². The summed E-state index contributed by atoms with van der Waals surface area (Å²) in [6.07, 6.45) is -3.30. The Morgan fingerprint density at radius 1 is 1.32 bits per heavy atom. The normalized spacial score (nSPS) is 15.8. The number of carbonyl (C=O) groups is 2. The summed E-state index contributed by atoms with van der Waals surface area (Å²) < 4.78 is 60.5. The van der Waals surface area contributed by atoms with E-state index in [4.69, 9.17) is 32.6 Å². The third kappa shape index (κ3) is 6.69. The summed E-state index contributed by atoms with van der Waals surface area (Å²) in [6, 6.07) is 6.71. The topological polar surface area (TPSA) is 187 Å². The van der Waals surface area contributed by atoms with Crippen molar-refractivity contribution in [2.45, 2.75) is 29.4 Å². The number of alkyl halides is 3. The standard InChI is InChI=1S/C19H18ClN5O4S2.C2HF3O2/c20-17-16-10(3-5-23-17)8-15(30-16)31(28,29)24-13-4-6-25(19(13)27)9-12-7-11(18(21)22)1-2-14(12)26;3-2(4,5)1(6)7/h1-3,5,7-8,13,24,26H,4,6,9H2,(H3,21,22);(H,6,7)/t13-;/m0./s1. The van der Waals surface area contributed by atoms with E-state index in [1.165, 1.54) is 35.4 Å². The number of carboxylic acids is 1. The number of halogens is 4. The number of aromatic hydroxyl groups is 1. The highest BCUT2D eigenvalue weighted by Crippen LogP contribution is 2.33. The van der Waals surface area contributed by atoms with Gasteiger partial charge in [-0.1, -0.05) is 11.6 Å². The number of aliphatic carboxylic acids is 1. The minimum atomic E-state index is -5.08. The molecule has 4 rings (SSSR count). The van der Waals surface area contributed by atoms with Crippen LogP contribution >= 0.6 is 22.9 Å². The van der Waals surface area contributed by atoms with Crippen molar-refractivity contribution >= 4 is 60.8 Å². The monoisotopic (exact) mass is 593 g/mol. The van der Waals surface area contributed by atoms with Crippen LogP contribution < -0.4 is 10.5 Å². The summed E-state index contributed by atoms with van der Waals surface area (Å²) >= 11 is 7.03. The van der Waals surface area contributed by atoms with Gasteiger partial charge in [0.2, 0.25) is 5.91 Å². The number of nitrogens with zero attached hydrogens (tertiary/aromatic N) is 2. The maximum atomic E-state index is 12.8. The van der Waals surface area contributed by atoms with Crippen LogP contribution in [0.5, 0.6) is 5.75 Å². The number of nitrogen functional groups attached to an aromatic ring is 1. The molecule has 11 nitrogen and oxygen atoms in total. The fourth-order valence-electron chi connectivity index (χ4n) is 3.38. The molecule has 0 saturated carbocycles. The molecular weight excluding hydrogens is 575 g/mol. The fourth-order valence-corrected chi connectivity index (χ4v) is 6.25. The number of fused-ring (bicyclic) bond motifs is 1. The van der Waals surface area contributed by atoms with Crippen molar-refractivity contribution in [2.75, 3.05) is 6.54 Å². The number of phenolic OH excluding ortho intramolecular Hbond substituents is 1. The average molecular weight is 594 g/mol. The second kappa shape index (κ2) is 11.1. The number of hydrogen-bond donors (Lipinski definition) is 5. The van der Waals surface area contributed by atoms with Crippen molar-refractivity contribution in [2.24, 2.45) is 5.73 Å². The molecule has 0 aliphatic carbocycles. The van der Waals surface area contributed by atoms with Crippen LogP contribution in [-0.4, -0.2) is 65.0 Å². The second-order valence-electron chi connectivity index (χ2n) is 7.87. The molecule has 1 fully saturated rings. The van der Waals surface area contributed by atoms with E-state index in [0.29, 0.717) is 34.2 Å². The first kappa shape index (κ1) is 29.1. The van der Waals surface area contributed by atoms with Crippen molar-refractivity contribution in [3.63, 3.8) is 0 Å². The molecule has 3 aromatic rings. The van der Waals surface area contributed by atoms with E-state index in [0.717, 1.165) is 11.3 Å². The lowest BCUT2D eigenvalue weighted by molar-refractivity contribution is -0.192. The number of pyridine rings is 1. The summed E-state index contributed by atoms with van der Waals surface area (Å²) in [5.74, 6) is -3.33. The van der Waals surface area contributed by atoms with Crippen LogP contribution in [0.15, 0.2) is 40.7 Å². The number of phenols is 1. The lowest BCUT2D eigenvalue weighted by Gasteiger charge is -2.18. The smallest absolute Gasteiger partial charge is 0.490 e. The van der Waals surface area contributed by atoms with E-state index in [-0.39, 0.29) is 27.5 Å². The van der Waals surface area contributed by atoms with Gasteiger partial charge in [0.05, 0.1) is 4.70 Å². The van der Waals surface area contributed by atoms with Crippen molar-refractivity contribution < 1.29 is 41.4 Å². The van der Waals surface area contributed by atoms with Gasteiger partial charge in [-0.2, -0.15) is 17.9 Å². The molecule has 204 valence electrons. The van der Waals surface area contributed by atoms with Gasteiger partial charge in [-0.25, -0.2) is 18.2 Å². The minimum absolute atomic E-state index is 0.0300. The molecule has 1 aromatic carbocycles. The lowest BCUT2D eigenvalue weighted by atomic mass is 10.1. The number of amidine groups is 1. The number of carboxylic acid groups (broad SMARTS) is 1. The first-order valence-corrected chi connectivity index (χ1v) is 13.1. The predicted molar refractivity (Wildman–Crippen MR) is 132 cm³/mol. The number of thiophene rings is 1. The van der Waals surface area contributed by atoms with Crippen molar-refractivity contribution in [3.8, 4) is 5.75 Å². The number of sulfonamides is 1. The Bertz CT molecular complexity index is 1510. The molecule has 3 heterocycles. The summed E-state index contributed by atoms with van der Waals surface area (Å²) in [6.45, 7) is 0.395. The zero-order chi connectivity index (χ0) is 28.4. The van der Waals surface area contributed by atoms with E-state index >= 15 is 0 Å². The Hall–Kier alpha value is -3.47. The van der Waals surface area contributed by atoms with Gasteiger partial charge in [-0.3, -0.25) is 10.2 Å². The number of aromatic nitrogens is 1.